The summed E-state index contributed by atoms with van der Waals surface area (Å²) in [6.07, 6.45) is -4.46. The summed E-state index contributed by atoms with van der Waals surface area (Å²) >= 11 is 0. The average Bonchev–Trinajstić information content (AvgIpc) is 2.39. The number of hydrogen-bond acceptors (Lipinski definition) is 1. The molecule has 0 fully saturated rings. The molecule has 0 heterocycles. The minimum absolute atomic E-state index is 0.0429. The van der Waals surface area contributed by atoms with E-state index in [2.05, 4.69) is 11.4 Å². The number of benzene rings is 2. The predicted octanol–water partition coefficient (Wildman–Crippen LogP) is 3.76. The molecule has 0 spiro atoms. The molecule has 0 aliphatic rings. The Morgan fingerprint density at radius 3 is 2.58 bits per heavy atom. The predicted molar refractivity (Wildman–Crippen MR) is 64.7 cm³/mol. The Kier molecular flexibility index (Phi) is 3.55. The highest BCUT2D eigenvalue weighted by Crippen LogP contribution is 2.29. The zero-order chi connectivity index (χ0) is 13.9. The molecule has 1 N–H and O–H groups in total. The third-order valence-corrected chi connectivity index (χ3v) is 2.42. The van der Waals surface area contributed by atoms with Gasteiger partial charge < -0.3 is 5.32 Å². The van der Waals surface area contributed by atoms with Gasteiger partial charge in [-0.3, -0.25) is 4.79 Å². The molecule has 0 aromatic heterocycles. The van der Waals surface area contributed by atoms with E-state index in [4.69, 9.17) is 0 Å². The van der Waals surface area contributed by atoms with Crippen molar-refractivity contribution in [1.29, 1.82) is 0 Å². The van der Waals surface area contributed by atoms with Gasteiger partial charge in [0, 0.05) is 11.3 Å². The minimum Gasteiger partial charge on any atom is -0.322 e. The van der Waals surface area contributed by atoms with Crippen molar-refractivity contribution in [3.8, 4) is 0 Å². The maximum atomic E-state index is 12.5. The first-order valence-corrected chi connectivity index (χ1v) is 5.41. The molecule has 0 aliphatic heterocycles. The second-order valence-corrected chi connectivity index (χ2v) is 3.82. The van der Waals surface area contributed by atoms with Crippen LogP contribution in [0.1, 0.15) is 15.9 Å². The number of carbonyl (C=O) groups excluding carboxylic acids is 1. The van der Waals surface area contributed by atoms with E-state index >= 15 is 0 Å². The molecule has 1 radical (unpaired) electrons. The Labute approximate surface area is 107 Å². The summed E-state index contributed by atoms with van der Waals surface area (Å²) < 4.78 is 37.6. The third kappa shape index (κ3) is 3.34. The van der Waals surface area contributed by atoms with Gasteiger partial charge in [0.2, 0.25) is 0 Å². The second kappa shape index (κ2) is 5.14. The van der Waals surface area contributed by atoms with Crippen molar-refractivity contribution in [3.05, 3.63) is 65.7 Å². The van der Waals surface area contributed by atoms with Crippen LogP contribution in [0.3, 0.4) is 0 Å². The Morgan fingerprint density at radius 1 is 1.16 bits per heavy atom. The number of hydrogen-bond donors (Lipinski definition) is 1. The van der Waals surface area contributed by atoms with Crippen molar-refractivity contribution in [2.75, 3.05) is 5.32 Å². The van der Waals surface area contributed by atoms with Crippen LogP contribution in [0.15, 0.2) is 48.5 Å². The number of carbonyl (C=O) groups is 1. The van der Waals surface area contributed by atoms with Gasteiger partial charge in [0.1, 0.15) is 0 Å². The Morgan fingerprint density at radius 2 is 1.95 bits per heavy atom. The summed E-state index contributed by atoms with van der Waals surface area (Å²) in [6, 6.07) is 13.5. The molecule has 97 valence electrons. The smallest absolute Gasteiger partial charge is 0.322 e. The first-order chi connectivity index (χ1) is 8.97. The van der Waals surface area contributed by atoms with Crippen molar-refractivity contribution in [3.63, 3.8) is 0 Å². The first kappa shape index (κ1) is 13.1. The molecule has 1 amide bonds. The molecule has 0 unspecified atom stereocenters. The molecule has 2 nitrogen and oxygen atoms in total. The van der Waals surface area contributed by atoms with E-state index in [1.54, 1.807) is 18.2 Å². The van der Waals surface area contributed by atoms with Gasteiger partial charge in [-0.2, -0.15) is 13.2 Å². The van der Waals surface area contributed by atoms with E-state index in [0.29, 0.717) is 5.69 Å². The summed E-state index contributed by atoms with van der Waals surface area (Å²) in [7, 11) is 0. The lowest BCUT2D eigenvalue weighted by Gasteiger charge is -2.09. The highest BCUT2D eigenvalue weighted by atomic mass is 19.4. The zero-order valence-corrected chi connectivity index (χ0v) is 9.66. The molecular weight excluding hydrogens is 255 g/mol. The largest absolute Gasteiger partial charge is 0.416 e. The van der Waals surface area contributed by atoms with Crippen LogP contribution in [-0.4, -0.2) is 5.91 Å². The summed E-state index contributed by atoms with van der Waals surface area (Å²) in [5.74, 6) is -0.592. The van der Waals surface area contributed by atoms with E-state index < -0.39 is 17.6 Å². The quantitative estimate of drug-likeness (QED) is 0.879. The average molecular weight is 264 g/mol. The van der Waals surface area contributed by atoms with Gasteiger partial charge >= 0.3 is 6.18 Å². The van der Waals surface area contributed by atoms with Crippen LogP contribution in [0, 0.1) is 6.07 Å². The zero-order valence-electron chi connectivity index (χ0n) is 9.66. The molecule has 0 atom stereocenters. The lowest BCUT2D eigenvalue weighted by atomic mass is 10.1. The maximum absolute atomic E-state index is 12.5. The van der Waals surface area contributed by atoms with E-state index in [1.165, 1.54) is 18.2 Å². The fourth-order valence-corrected chi connectivity index (χ4v) is 1.51. The molecule has 0 bridgehead atoms. The molecule has 19 heavy (non-hydrogen) atoms. The number of anilines is 1. The van der Waals surface area contributed by atoms with Crippen molar-refractivity contribution < 1.29 is 18.0 Å². The molecule has 5 heteroatoms. The fraction of sp³-hybridized carbons (Fsp3) is 0.0714. The van der Waals surface area contributed by atoms with Crippen LogP contribution >= 0.6 is 0 Å². The normalized spacial score (nSPS) is 11.1. The van der Waals surface area contributed by atoms with Crippen LogP contribution in [0.25, 0.3) is 0 Å². The van der Waals surface area contributed by atoms with E-state index in [9.17, 15) is 18.0 Å². The summed E-state index contributed by atoms with van der Waals surface area (Å²) in [6.45, 7) is 0. The van der Waals surface area contributed by atoms with Gasteiger partial charge in [-0.1, -0.05) is 18.2 Å². The summed E-state index contributed by atoms with van der Waals surface area (Å²) in [5.41, 5.74) is -0.414. The van der Waals surface area contributed by atoms with Gasteiger partial charge in [0.15, 0.2) is 0 Å². The lowest BCUT2D eigenvalue weighted by molar-refractivity contribution is -0.137. The van der Waals surface area contributed by atoms with Gasteiger partial charge in [-0.05, 0) is 36.4 Å². The number of nitrogens with one attached hydrogen (secondary N) is 1. The highest BCUT2D eigenvalue weighted by Gasteiger charge is 2.30. The molecule has 2 aromatic rings. The van der Waals surface area contributed by atoms with Crippen LogP contribution < -0.4 is 5.32 Å². The summed E-state index contributed by atoms with van der Waals surface area (Å²) in [4.78, 5) is 11.8. The Bertz CT molecular complexity index is 579. The van der Waals surface area contributed by atoms with Crippen molar-refractivity contribution in [2.45, 2.75) is 6.18 Å². The molecule has 2 aromatic carbocycles. The lowest BCUT2D eigenvalue weighted by Crippen LogP contribution is -2.13. The molecule has 2 rings (SSSR count). The first-order valence-electron chi connectivity index (χ1n) is 5.41. The van der Waals surface area contributed by atoms with Crippen molar-refractivity contribution in [1.82, 2.24) is 0 Å². The number of alkyl halides is 3. The van der Waals surface area contributed by atoms with Crippen molar-refractivity contribution >= 4 is 11.6 Å². The van der Waals surface area contributed by atoms with E-state index in [-0.39, 0.29) is 5.56 Å². The van der Waals surface area contributed by atoms with Gasteiger partial charge in [0.25, 0.3) is 5.91 Å². The number of halogens is 3. The van der Waals surface area contributed by atoms with Crippen LogP contribution in [0.2, 0.25) is 0 Å². The molecule has 0 aliphatic carbocycles. The van der Waals surface area contributed by atoms with Crippen molar-refractivity contribution in [2.24, 2.45) is 0 Å². The fourth-order valence-electron chi connectivity index (χ4n) is 1.51. The SMILES string of the molecule is O=C(Nc1c[c]ccc1)c1cccc(C(F)(F)F)c1. The number of amides is 1. The van der Waals surface area contributed by atoms with E-state index in [1.807, 2.05) is 0 Å². The third-order valence-electron chi connectivity index (χ3n) is 2.42. The van der Waals surface area contributed by atoms with Crippen LogP contribution in [0.5, 0.6) is 0 Å². The minimum atomic E-state index is -4.46. The second-order valence-electron chi connectivity index (χ2n) is 3.82. The molecule has 0 saturated heterocycles. The van der Waals surface area contributed by atoms with Gasteiger partial charge in [-0.25, -0.2) is 0 Å². The standard InChI is InChI=1S/C14H9F3NO/c15-14(16,17)11-6-4-5-10(9-11)13(19)18-12-7-2-1-3-8-12/h1-2,4-9H,(H,18,19). The number of rotatable bonds is 2. The van der Waals surface area contributed by atoms with Crippen LogP contribution in [-0.2, 0) is 6.18 Å². The topological polar surface area (TPSA) is 29.1 Å². The van der Waals surface area contributed by atoms with Gasteiger partial charge in [0.05, 0.1) is 5.56 Å². The molecule has 0 saturated carbocycles. The Balaban J connectivity index is 2.20. The Hall–Kier alpha value is -2.30. The van der Waals surface area contributed by atoms with E-state index in [0.717, 1.165) is 12.1 Å². The monoisotopic (exact) mass is 264 g/mol. The van der Waals surface area contributed by atoms with Gasteiger partial charge in [-0.15, -0.1) is 0 Å². The summed E-state index contributed by atoms with van der Waals surface area (Å²) in [5, 5.41) is 2.50. The maximum Gasteiger partial charge on any atom is 0.416 e. The highest BCUT2D eigenvalue weighted by molar-refractivity contribution is 6.04. The van der Waals surface area contributed by atoms with Crippen LogP contribution in [0.4, 0.5) is 18.9 Å². The molecular formula is C14H9F3NO.